The molecule has 0 aliphatic heterocycles. The van der Waals surface area contributed by atoms with E-state index in [1.165, 1.54) is 18.9 Å². The lowest BCUT2D eigenvalue weighted by atomic mass is 10.2. The Hall–Kier alpha value is -1.77. The molecule has 1 aromatic carbocycles. The Bertz CT molecular complexity index is 366. The van der Waals surface area contributed by atoms with Gasteiger partial charge < -0.3 is 14.6 Å². The molecule has 0 spiro atoms. The predicted molar refractivity (Wildman–Crippen MR) is 65.5 cm³/mol. The van der Waals surface area contributed by atoms with Gasteiger partial charge in [0.15, 0.2) is 0 Å². The number of rotatable bonds is 7. The van der Waals surface area contributed by atoms with Crippen molar-refractivity contribution in [2.24, 2.45) is 0 Å². The van der Waals surface area contributed by atoms with E-state index >= 15 is 0 Å². The summed E-state index contributed by atoms with van der Waals surface area (Å²) in [5.74, 6) is -0.378. The molecule has 0 aliphatic carbocycles. The molecule has 3 nitrogen and oxygen atoms in total. The summed E-state index contributed by atoms with van der Waals surface area (Å²) in [5.41, 5.74) is 0.815. The van der Waals surface area contributed by atoms with Gasteiger partial charge >= 0.3 is 0 Å². The Morgan fingerprint density at radius 2 is 2.00 bits per heavy atom. The highest BCUT2D eigenvalue weighted by Crippen LogP contribution is 2.13. The fourth-order valence-electron chi connectivity index (χ4n) is 1.38. The molecule has 0 aromatic heterocycles. The predicted octanol–water partition coefficient (Wildman–Crippen LogP) is 2.02. The van der Waals surface area contributed by atoms with E-state index < -0.39 is 5.97 Å². The first kappa shape index (κ1) is 13.3. The molecule has 0 heterocycles. The fourth-order valence-corrected chi connectivity index (χ4v) is 1.38. The van der Waals surface area contributed by atoms with Gasteiger partial charge in [-0.25, -0.2) is 0 Å². The topological polar surface area (TPSA) is 49.4 Å². The van der Waals surface area contributed by atoms with Crippen LogP contribution < -0.4 is 9.84 Å². The molecule has 0 saturated heterocycles. The number of unbranched alkanes of at least 4 members (excludes halogenated alkanes) is 2. The molecule has 0 radical (unpaired) electrons. The standard InChI is InChI=1S/C14H18O3/c1-2-3-4-11-17-13-8-5-12(6-9-13)7-10-14(15)16/h5-10H,2-4,11H2,1H3,(H,15,16)/p-1. The first-order valence-corrected chi connectivity index (χ1v) is 5.84. The van der Waals surface area contributed by atoms with Gasteiger partial charge in [0.2, 0.25) is 0 Å². The van der Waals surface area contributed by atoms with E-state index in [9.17, 15) is 9.90 Å². The maximum absolute atomic E-state index is 10.2. The van der Waals surface area contributed by atoms with Crippen molar-refractivity contribution in [3.63, 3.8) is 0 Å². The smallest absolute Gasteiger partial charge is 0.119 e. The van der Waals surface area contributed by atoms with Gasteiger partial charge in [-0.05, 0) is 30.2 Å². The van der Waals surface area contributed by atoms with Gasteiger partial charge in [-0.3, -0.25) is 0 Å². The maximum atomic E-state index is 10.2. The van der Waals surface area contributed by atoms with Gasteiger partial charge in [0, 0.05) is 0 Å². The van der Waals surface area contributed by atoms with Crippen LogP contribution in [0.3, 0.4) is 0 Å². The Labute approximate surface area is 102 Å². The Morgan fingerprint density at radius 1 is 1.29 bits per heavy atom. The highest BCUT2D eigenvalue weighted by Gasteiger charge is 1.93. The molecule has 1 aromatic rings. The van der Waals surface area contributed by atoms with E-state index in [2.05, 4.69) is 6.92 Å². The van der Waals surface area contributed by atoms with Crippen LogP contribution in [0.2, 0.25) is 0 Å². The number of carbonyl (C=O) groups is 1. The SMILES string of the molecule is CCCCCOc1ccc(C=CC(=O)[O-])cc1. The lowest BCUT2D eigenvalue weighted by Crippen LogP contribution is -2.18. The molecule has 0 saturated carbocycles. The van der Waals surface area contributed by atoms with Crippen LogP contribution >= 0.6 is 0 Å². The van der Waals surface area contributed by atoms with Crippen molar-refractivity contribution in [3.05, 3.63) is 35.9 Å². The van der Waals surface area contributed by atoms with Gasteiger partial charge in [-0.1, -0.05) is 38.0 Å². The Morgan fingerprint density at radius 3 is 2.59 bits per heavy atom. The molecule has 0 fully saturated rings. The average Bonchev–Trinajstić information content (AvgIpc) is 2.33. The van der Waals surface area contributed by atoms with E-state index in [1.54, 1.807) is 0 Å². The van der Waals surface area contributed by atoms with Gasteiger partial charge in [-0.2, -0.15) is 0 Å². The molecule has 17 heavy (non-hydrogen) atoms. The molecule has 92 valence electrons. The largest absolute Gasteiger partial charge is 0.545 e. The van der Waals surface area contributed by atoms with Gasteiger partial charge in [0.25, 0.3) is 0 Å². The molecule has 1 rings (SSSR count). The molecule has 0 atom stereocenters. The van der Waals surface area contributed by atoms with Gasteiger partial charge in [-0.15, -0.1) is 0 Å². The Kier molecular flexibility index (Phi) is 5.86. The van der Waals surface area contributed by atoms with Crippen molar-refractivity contribution >= 4 is 12.0 Å². The molecule has 0 N–H and O–H groups in total. The van der Waals surface area contributed by atoms with Crippen LogP contribution in [0.5, 0.6) is 5.75 Å². The van der Waals surface area contributed by atoms with E-state index in [4.69, 9.17) is 4.74 Å². The minimum Gasteiger partial charge on any atom is -0.545 e. The number of benzene rings is 1. The molecular weight excluding hydrogens is 216 g/mol. The number of hydrogen-bond acceptors (Lipinski definition) is 3. The first-order chi connectivity index (χ1) is 8.22. The average molecular weight is 233 g/mol. The molecule has 0 amide bonds. The van der Waals surface area contributed by atoms with Crippen LogP contribution in [0.4, 0.5) is 0 Å². The normalized spacial score (nSPS) is 10.6. The van der Waals surface area contributed by atoms with Crippen LogP contribution in [0.1, 0.15) is 31.7 Å². The highest BCUT2D eigenvalue weighted by molar-refractivity contribution is 5.83. The van der Waals surface area contributed by atoms with Gasteiger partial charge in [0.1, 0.15) is 5.75 Å². The third-order valence-electron chi connectivity index (χ3n) is 2.31. The molecule has 0 unspecified atom stereocenters. The zero-order valence-electron chi connectivity index (χ0n) is 10.0. The monoisotopic (exact) mass is 233 g/mol. The molecular formula is C14H17O3-. The summed E-state index contributed by atoms with van der Waals surface area (Å²) in [4.78, 5) is 10.2. The van der Waals surface area contributed by atoms with E-state index in [-0.39, 0.29) is 0 Å². The molecule has 0 bridgehead atoms. The summed E-state index contributed by atoms with van der Waals surface area (Å²) in [5, 5.41) is 10.2. The van der Waals surface area contributed by atoms with Crippen molar-refractivity contribution in [2.45, 2.75) is 26.2 Å². The van der Waals surface area contributed by atoms with Gasteiger partial charge in [0.05, 0.1) is 12.6 Å². The van der Waals surface area contributed by atoms with Crippen molar-refractivity contribution in [2.75, 3.05) is 6.61 Å². The van der Waals surface area contributed by atoms with E-state index in [1.807, 2.05) is 24.3 Å². The first-order valence-electron chi connectivity index (χ1n) is 5.84. The summed E-state index contributed by atoms with van der Waals surface area (Å²) in [6.07, 6.45) is 5.92. The van der Waals surface area contributed by atoms with Crippen molar-refractivity contribution in [3.8, 4) is 5.75 Å². The van der Waals surface area contributed by atoms with Crippen molar-refractivity contribution in [1.82, 2.24) is 0 Å². The van der Waals surface area contributed by atoms with Crippen LogP contribution in [0.15, 0.2) is 30.3 Å². The third kappa shape index (κ3) is 5.76. The number of aliphatic carboxylic acids is 1. The number of carboxylic acid groups (broad SMARTS) is 1. The Balaban J connectivity index is 2.42. The fraction of sp³-hybridized carbons (Fsp3) is 0.357. The zero-order valence-corrected chi connectivity index (χ0v) is 10.0. The van der Waals surface area contributed by atoms with Crippen LogP contribution in [-0.2, 0) is 4.79 Å². The second kappa shape index (κ2) is 7.49. The summed E-state index contributed by atoms with van der Waals surface area (Å²) < 4.78 is 5.54. The summed E-state index contributed by atoms with van der Waals surface area (Å²) in [7, 11) is 0. The number of hydrogen-bond donors (Lipinski definition) is 0. The van der Waals surface area contributed by atoms with Crippen LogP contribution in [0.25, 0.3) is 6.08 Å². The quantitative estimate of drug-likeness (QED) is 0.534. The third-order valence-corrected chi connectivity index (χ3v) is 2.31. The summed E-state index contributed by atoms with van der Waals surface area (Å²) in [6.45, 7) is 2.88. The second-order valence-electron chi connectivity index (χ2n) is 3.78. The minimum absolute atomic E-state index is 0.724. The summed E-state index contributed by atoms with van der Waals surface area (Å²) >= 11 is 0. The van der Waals surface area contributed by atoms with Crippen molar-refractivity contribution < 1.29 is 14.6 Å². The minimum atomic E-state index is -1.19. The highest BCUT2D eigenvalue weighted by atomic mass is 16.5. The second-order valence-corrected chi connectivity index (χ2v) is 3.78. The van der Waals surface area contributed by atoms with Crippen molar-refractivity contribution in [1.29, 1.82) is 0 Å². The van der Waals surface area contributed by atoms with Crippen LogP contribution in [0, 0.1) is 0 Å². The summed E-state index contributed by atoms with van der Waals surface area (Å²) in [6, 6.07) is 7.30. The lowest BCUT2D eigenvalue weighted by Gasteiger charge is -2.05. The zero-order chi connectivity index (χ0) is 12.5. The maximum Gasteiger partial charge on any atom is 0.119 e. The number of carboxylic acids is 1. The van der Waals surface area contributed by atoms with E-state index in [0.717, 1.165) is 30.4 Å². The van der Waals surface area contributed by atoms with Crippen LogP contribution in [-0.4, -0.2) is 12.6 Å². The number of ether oxygens (including phenoxy) is 1. The molecule has 0 aliphatic rings. The number of carbonyl (C=O) groups excluding carboxylic acids is 1. The van der Waals surface area contributed by atoms with E-state index in [0.29, 0.717) is 0 Å². The molecule has 3 heteroatoms. The lowest BCUT2D eigenvalue weighted by molar-refractivity contribution is -0.297.